The van der Waals surface area contributed by atoms with Crippen molar-refractivity contribution in [2.75, 3.05) is 28.3 Å². The molecular formula is C44H34N13NaO11S3. The van der Waals surface area contributed by atoms with E-state index < -0.39 is 67.9 Å². The van der Waals surface area contributed by atoms with E-state index in [0.717, 1.165) is 18.2 Å². The summed E-state index contributed by atoms with van der Waals surface area (Å²) in [5, 5.41) is 57.7. The number of rotatable bonds is 13. The first-order valence-electron chi connectivity index (χ1n) is 20.0. The van der Waals surface area contributed by atoms with Gasteiger partial charge in [0.25, 0.3) is 20.2 Å². The summed E-state index contributed by atoms with van der Waals surface area (Å²) in [4.78, 5) is -2.43. The molecule has 72 heavy (non-hydrogen) atoms. The molecule has 0 radical (unpaired) electrons. The fourth-order valence-electron chi connectivity index (χ4n) is 6.79. The summed E-state index contributed by atoms with van der Waals surface area (Å²) in [7, 11) is -15.3. The normalized spacial score (nSPS) is 12.4. The van der Waals surface area contributed by atoms with E-state index in [1.165, 1.54) is 91.0 Å². The van der Waals surface area contributed by atoms with E-state index in [0.29, 0.717) is 17.1 Å². The summed E-state index contributed by atoms with van der Waals surface area (Å²) < 4.78 is 107. The standard InChI is InChI=1S/C44H35N13O11S3.Na/c45-24-3-12-35(33(47)17-24)54-51-28-5-1-22-15-39(70(63,64)65)41(43(58)31(22)19-28)56-50-27-9-7-26(8-10-27)49-37-14-11-30(21-38(37)69(60,61)62)53-57-42-40(71(66,67)68)16-23-2-6-29(20-32(23)44(42)59)52-55-36-13-4-25(46)18-34(36)48;/h1-21,49,58-59H,45-48H2,(H,60,61,62)(H,63,64,65)(H,66,67,68);/q;+1/p-1. The van der Waals surface area contributed by atoms with Crippen molar-refractivity contribution in [1.29, 1.82) is 0 Å². The van der Waals surface area contributed by atoms with Crippen molar-refractivity contribution in [2.24, 2.45) is 40.9 Å². The summed E-state index contributed by atoms with van der Waals surface area (Å²) in [6.45, 7) is 0. The van der Waals surface area contributed by atoms with E-state index in [9.17, 15) is 49.1 Å². The van der Waals surface area contributed by atoms with Crippen LogP contribution in [0.4, 0.5) is 79.6 Å². The number of hydrogen-bond acceptors (Lipinski definition) is 22. The summed E-state index contributed by atoms with van der Waals surface area (Å²) in [6, 6.07) is 28.5. The minimum atomic E-state index is -5.29. The van der Waals surface area contributed by atoms with Gasteiger partial charge in [0.2, 0.25) is 0 Å². The zero-order chi connectivity index (χ0) is 51.0. The Kier molecular flexibility index (Phi) is 14.7. The molecule has 0 aromatic heterocycles. The molecule has 0 amide bonds. The van der Waals surface area contributed by atoms with Crippen molar-refractivity contribution in [2.45, 2.75) is 14.7 Å². The average Bonchev–Trinajstić information content (AvgIpc) is 3.30. The number of hydrogen-bond donors (Lipinski definition) is 9. The summed E-state index contributed by atoms with van der Waals surface area (Å²) in [6.07, 6.45) is 0. The van der Waals surface area contributed by atoms with E-state index >= 15 is 0 Å². The maximum Gasteiger partial charge on any atom is 1.00 e. The Balaban J connectivity index is 0.00000760. The van der Waals surface area contributed by atoms with Crippen LogP contribution in [0.1, 0.15) is 0 Å². The van der Waals surface area contributed by atoms with Crippen molar-refractivity contribution < 1.29 is 78.7 Å². The summed E-state index contributed by atoms with van der Waals surface area (Å²) in [5.41, 5.74) is 24.2. The van der Waals surface area contributed by atoms with Crippen LogP contribution >= 0.6 is 0 Å². The second-order valence-corrected chi connectivity index (χ2v) is 19.3. The Bertz CT molecular complexity index is 3980. The van der Waals surface area contributed by atoms with Gasteiger partial charge in [0.05, 0.1) is 44.7 Å². The van der Waals surface area contributed by atoms with E-state index in [1.807, 2.05) is 0 Å². The van der Waals surface area contributed by atoms with E-state index in [2.05, 4.69) is 46.2 Å². The molecule has 0 fully saturated rings. The van der Waals surface area contributed by atoms with Crippen LogP contribution in [0.3, 0.4) is 0 Å². The Hall–Kier alpha value is -7.99. The quantitative estimate of drug-likeness (QED) is 0.0233. The van der Waals surface area contributed by atoms with Crippen LogP contribution in [0.25, 0.3) is 21.5 Å². The average molecular weight is 1040 g/mol. The number of benzene rings is 8. The Morgan fingerprint density at radius 1 is 0.444 bits per heavy atom. The predicted molar refractivity (Wildman–Crippen MR) is 262 cm³/mol. The van der Waals surface area contributed by atoms with Crippen molar-refractivity contribution in [3.05, 3.63) is 127 Å². The molecule has 0 spiro atoms. The number of phenols is 2. The van der Waals surface area contributed by atoms with Gasteiger partial charge in [0, 0.05) is 27.8 Å². The zero-order valence-corrected chi connectivity index (χ0v) is 41.3. The van der Waals surface area contributed by atoms with Gasteiger partial charge in [-0.2, -0.15) is 37.3 Å². The molecule has 0 unspecified atom stereocenters. The van der Waals surface area contributed by atoms with Crippen LogP contribution in [0.2, 0.25) is 0 Å². The molecule has 24 nitrogen and oxygen atoms in total. The first kappa shape index (κ1) is 51.8. The number of phenolic OH excluding ortho intramolecular Hbond substituents is 2. The molecule has 8 rings (SSSR count). The van der Waals surface area contributed by atoms with Crippen molar-refractivity contribution in [1.82, 2.24) is 0 Å². The van der Waals surface area contributed by atoms with Gasteiger partial charge in [-0.15, -0.1) is 20.5 Å². The van der Waals surface area contributed by atoms with Crippen LogP contribution in [0, 0.1) is 0 Å². The molecule has 0 atom stereocenters. The molecule has 0 aliphatic carbocycles. The second-order valence-electron chi connectivity index (χ2n) is 15.1. The molecule has 0 saturated carbocycles. The van der Waals surface area contributed by atoms with Gasteiger partial charge < -0.3 is 43.0 Å². The molecule has 28 heteroatoms. The fraction of sp³-hybridized carbons (Fsp3) is 0. The third-order valence-electron chi connectivity index (χ3n) is 10.2. The smallest absolute Gasteiger partial charge is 0.744 e. The molecule has 13 N–H and O–H groups in total. The van der Waals surface area contributed by atoms with Crippen molar-refractivity contribution in [3.8, 4) is 11.5 Å². The van der Waals surface area contributed by atoms with Crippen LogP contribution in [0.15, 0.2) is 183 Å². The third-order valence-corrected chi connectivity index (χ3v) is 12.8. The third kappa shape index (κ3) is 11.6. The maximum atomic E-state index is 12.6. The molecule has 8 aromatic rings. The first-order chi connectivity index (χ1) is 33.5. The van der Waals surface area contributed by atoms with Crippen LogP contribution in [-0.4, -0.2) is 49.1 Å². The SMILES string of the molecule is Nc1ccc(N=Nc2ccc3cc(S(=O)(=O)[O-])c(N=Nc4ccc(Nc5ccc(N=Nc6c(S(=O)(=O)O)cc7ccc(N=Nc8ccc(N)cc8N)cc7c6O)cc5)c(S(=O)(=O)O)c4)c(O)c3c2)c(N)c1.[Na+]. The number of nitrogens with two attached hydrogens (primary N) is 4. The number of nitrogens with zero attached hydrogens (tertiary/aromatic N) is 8. The van der Waals surface area contributed by atoms with Gasteiger partial charge in [-0.1, -0.05) is 12.1 Å². The van der Waals surface area contributed by atoms with Crippen LogP contribution < -0.4 is 57.8 Å². The second kappa shape index (κ2) is 20.4. The minimum absolute atomic E-state index is 0. The Labute approximate surface area is 430 Å². The van der Waals surface area contributed by atoms with Crippen molar-refractivity contribution >= 4 is 132 Å². The van der Waals surface area contributed by atoms with Gasteiger partial charge in [0.1, 0.15) is 42.7 Å². The molecule has 8 aromatic carbocycles. The molecule has 0 aliphatic rings. The Morgan fingerprint density at radius 2 is 0.861 bits per heavy atom. The number of anilines is 6. The molecule has 0 bridgehead atoms. The number of nitrogens with one attached hydrogen (secondary N) is 1. The van der Waals surface area contributed by atoms with Gasteiger partial charge in [0.15, 0.2) is 11.5 Å². The van der Waals surface area contributed by atoms with Gasteiger partial charge in [-0.25, -0.2) is 8.42 Å². The minimum Gasteiger partial charge on any atom is -0.744 e. The first-order valence-corrected chi connectivity index (χ1v) is 24.3. The Morgan fingerprint density at radius 3 is 1.33 bits per heavy atom. The van der Waals surface area contributed by atoms with E-state index in [4.69, 9.17) is 22.9 Å². The van der Waals surface area contributed by atoms with E-state index in [1.54, 1.807) is 18.2 Å². The van der Waals surface area contributed by atoms with Crippen LogP contribution in [-0.2, 0) is 30.4 Å². The zero-order valence-electron chi connectivity index (χ0n) is 36.9. The van der Waals surface area contributed by atoms with E-state index in [-0.39, 0.29) is 102 Å². The molecular weight excluding hydrogens is 1010 g/mol. The monoisotopic (exact) mass is 1040 g/mol. The largest absolute Gasteiger partial charge is 1.00 e. The van der Waals surface area contributed by atoms with Gasteiger partial charge >= 0.3 is 29.6 Å². The fourth-order valence-corrected chi connectivity index (χ4v) is 8.76. The number of aromatic hydroxyl groups is 2. The number of nitrogen functional groups attached to an aromatic ring is 4. The maximum absolute atomic E-state index is 12.6. The van der Waals surface area contributed by atoms with Crippen LogP contribution in [0.5, 0.6) is 11.5 Å². The van der Waals surface area contributed by atoms with Crippen molar-refractivity contribution in [3.63, 3.8) is 0 Å². The van der Waals surface area contributed by atoms with Gasteiger partial charge in [-0.05, 0) is 126 Å². The van der Waals surface area contributed by atoms with Gasteiger partial charge in [-0.3, -0.25) is 9.11 Å². The molecule has 0 aliphatic heterocycles. The predicted octanol–water partition coefficient (Wildman–Crippen LogP) is 7.54. The topological polar surface area (TPSA) is 421 Å². The summed E-state index contributed by atoms with van der Waals surface area (Å²) >= 11 is 0. The molecule has 360 valence electrons. The molecule has 0 heterocycles. The number of azo groups is 4. The summed E-state index contributed by atoms with van der Waals surface area (Å²) in [5.74, 6) is -1.45. The number of fused-ring (bicyclic) bond motifs is 2. The molecule has 0 saturated heterocycles.